The first-order valence-electron chi connectivity index (χ1n) is 15.0. The third kappa shape index (κ3) is 4.99. The molecule has 0 amide bonds. The first-order valence-corrected chi connectivity index (χ1v) is 15.0. The highest BCUT2D eigenvalue weighted by Gasteiger charge is 2.55. The highest BCUT2D eigenvalue weighted by molar-refractivity contribution is 5.87. The zero-order valence-corrected chi connectivity index (χ0v) is 23.6. The van der Waals surface area contributed by atoms with E-state index in [1.54, 1.807) is 0 Å². The van der Waals surface area contributed by atoms with Gasteiger partial charge in [-0.3, -0.25) is 4.79 Å². The zero-order valence-electron chi connectivity index (χ0n) is 23.6. The van der Waals surface area contributed by atoms with Gasteiger partial charge in [0.2, 0.25) is 6.29 Å². The third-order valence-corrected chi connectivity index (χ3v) is 10.6. The molecule has 42 heavy (non-hydrogen) atoms. The van der Waals surface area contributed by atoms with Crippen LogP contribution in [0.5, 0.6) is 5.75 Å². The number of carbonyl (C=O) groups excluding carboxylic acids is 1. The molecule has 1 aromatic rings. The summed E-state index contributed by atoms with van der Waals surface area (Å²) in [5, 5.41) is 71.6. The van der Waals surface area contributed by atoms with Gasteiger partial charge in [0.1, 0.15) is 60.4 Å². The molecule has 3 aliphatic carbocycles. The number of aryl methyl sites for hydroxylation is 1. The minimum atomic E-state index is -1.73. The molecule has 0 bridgehead atoms. The van der Waals surface area contributed by atoms with E-state index in [1.807, 2.05) is 18.2 Å². The van der Waals surface area contributed by atoms with Crippen LogP contribution in [0.1, 0.15) is 56.1 Å². The Bertz CT molecular complexity index is 1140. The largest absolute Gasteiger partial charge is 0.462 e. The second-order valence-corrected chi connectivity index (χ2v) is 12.8. The Morgan fingerprint density at radius 2 is 1.57 bits per heavy atom. The van der Waals surface area contributed by atoms with Crippen LogP contribution in [-0.4, -0.2) is 116 Å². The van der Waals surface area contributed by atoms with Crippen LogP contribution in [0.15, 0.2) is 18.2 Å². The molecule has 1 aromatic carbocycles. The summed E-state index contributed by atoms with van der Waals surface area (Å²) in [7, 11) is 0. The Labute approximate surface area is 243 Å². The van der Waals surface area contributed by atoms with Crippen LogP contribution in [-0.2, 0) is 25.4 Å². The van der Waals surface area contributed by atoms with E-state index in [4.69, 9.17) is 18.9 Å². The molecule has 2 saturated carbocycles. The van der Waals surface area contributed by atoms with Gasteiger partial charge in [0.05, 0.1) is 13.2 Å². The van der Waals surface area contributed by atoms with E-state index < -0.39 is 74.6 Å². The van der Waals surface area contributed by atoms with Gasteiger partial charge in [-0.05, 0) is 73.1 Å². The van der Waals surface area contributed by atoms with Crippen molar-refractivity contribution in [2.75, 3.05) is 13.2 Å². The molecular formula is C30H42O12. The number of Topliss-reactive ketones (excluding diaryl/α,β-unsaturated/α-hetero) is 1. The van der Waals surface area contributed by atoms with Gasteiger partial charge in [-0.1, -0.05) is 13.0 Å². The number of aliphatic hydroxyl groups is 7. The molecule has 6 rings (SSSR count). The second kappa shape index (κ2) is 11.7. The number of rotatable bonds is 6. The van der Waals surface area contributed by atoms with E-state index in [1.165, 1.54) is 5.56 Å². The summed E-state index contributed by atoms with van der Waals surface area (Å²) < 4.78 is 22.7. The average molecular weight is 595 g/mol. The summed E-state index contributed by atoms with van der Waals surface area (Å²) in [4.78, 5) is 12.6. The predicted octanol–water partition coefficient (Wildman–Crippen LogP) is -0.885. The maximum absolute atomic E-state index is 12.6. The van der Waals surface area contributed by atoms with Gasteiger partial charge in [-0.15, -0.1) is 0 Å². The van der Waals surface area contributed by atoms with Crippen LogP contribution in [0.4, 0.5) is 0 Å². The van der Waals surface area contributed by atoms with Gasteiger partial charge in [0.15, 0.2) is 6.29 Å². The molecule has 12 nitrogen and oxygen atoms in total. The zero-order chi connectivity index (χ0) is 29.9. The minimum Gasteiger partial charge on any atom is -0.462 e. The van der Waals surface area contributed by atoms with Crippen molar-refractivity contribution in [1.29, 1.82) is 0 Å². The van der Waals surface area contributed by atoms with E-state index >= 15 is 0 Å². The molecule has 234 valence electrons. The van der Waals surface area contributed by atoms with E-state index in [0.717, 1.165) is 37.7 Å². The highest BCUT2D eigenvalue weighted by Crippen LogP contribution is 2.59. The minimum absolute atomic E-state index is 0.190. The van der Waals surface area contributed by atoms with Crippen molar-refractivity contribution < 1.29 is 59.5 Å². The van der Waals surface area contributed by atoms with Gasteiger partial charge >= 0.3 is 0 Å². The molecule has 0 unspecified atom stereocenters. The van der Waals surface area contributed by atoms with Gasteiger partial charge in [0.25, 0.3) is 0 Å². The maximum Gasteiger partial charge on any atom is 0.229 e. The number of fused-ring (bicyclic) bond motifs is 5. The molecule has 0 radical (unpaired) electrons. The molecular weight excluding hydrogens is 552 g/mol. The molecule has 0 spiro atoms. The predicted molar refractivity (Wildman–Crippen MR) is 143 cm³/mol. The lowest BCUT2D eigenvalue weighted by molar-refractivity contribution is -0.352. The molecule has 12 heteroatoms. The molecule has 0 aromatic heterocycles. The van der Waals surface area contributed by atoms with Gasteiger partial charge in [-0.2, -0.15) is 0 Å². The number of carbonyl (C=O) groups is 1. The van der Waals surface area contributed by atoms with Crippen LogP contribution < -0.4 is 4.74 Å². The van der Waals surface area contributed by atoms with Crippen molar-refractivity contribution in [3.05, 3.63) is 29.3 Å². The lowest BCUT2D eigenvalue weighted by Crippen LogP contribution is -2.65. The van der Waals surface area contributed by atoms with Crippen molar-refractivity contribution >= 4 is 5.78 Å². The summed E-state index contributed by atoms with van der Waals surface area (Å²) in [6.07, 6.45) is -9.67. The molecule has 7 N–H and O–H groups in total. The fraction of sp³-hybridized carbons (Fsp3) is 0.767. The van der Waals surface area contributed by atoms with Gasteiger partial charge < -0.3 is 54.7 Å². The Hall–Kier alpha value is -1.71. The van der Waals surface area contributed by atoms with E-state index in [0.29, 0.717) is 35.7 Å². The average Bonchev–Trinajstić information content (AvgIpc) is 3.30. The Morgan fingerprint density at radius 3 is 2.31 bits per heavy atom. The smallest absolute Gasteiger partial charge is 0.229 e. The normalized spacial score (nSPS) is 47.0. The standard InChI is InChI=1S/C30H42O12/c1-30-9-8-16-15-5-3-14(10-13(15)2-4-17(16)18(30)6-7-21(30)33)39-28-26(38)24(36)27(20(12-32)41-28)42-29-25(37)23(35)22(34)19(11-31)40-29/h3,5,10,16-20,22-29,31-32,34-38H,2,4,6-9,11-12H2,1H3/t16-,17-,18+,19-,20-,22-,23+,24-,25-,26-,27-,28-,29+,30+/m1/s1. The molecule has 2 heterocycles. The fourth-order valence-electron chi connectivity index (χ4n) is 8.19. The van der Waals surface area contributed by atoms with Crippen LogP contribution in [0, 0.1) is 17.3 Å². The lowest BCUT2D eigenvalue weighted by Gasteiger charge is -2.48. The maximum atomic E-state index is 12.6. The monoisotopic (exact) mass is 594 g/mol. The van der Waals surface area contributed by atoms with Crippen molar-refractivity contribution in [2.24, 2.45) is 17.3 Å². The quantitative estimate of drug-likeness (QED) is 0.215. The Balaban J connectivity index is 1.13. The van der Waals surface area contributed by atoms with Crippen LogP contribution in [0.2, 0.25) is 0 Å². The summed E-state index contributed by atoms with van der Waals surface area (Å²) >= 11 is 0. The van der Waals surface area contributed by atoms with Crippen LogP contribution in [0.3, 0.4) is 0 Å². The molecule has 4 fully saturated rings. The summed E-state index contributed by atoms with van der Waals surface area (Å²) in [5.41, 5.74) is 2.23. The number of hydrogen-bond donors (Lipinski definition) is 7. The first kappa shape index (κ1) is 30.3. The number of aliphatic hydroxyl groups excluding tert-OH is 7. The number of hydrogen-bond acceptors (Lipinski definition) is 12. The Morgan fingerprint density at radius 1 is 0.857 bits per heavy atom. The van der Waals surface area contributed by atoms with Crippen LogP contribution in [0.25, 0.3) is 0 Å². The van der Waals surface area contributed by atoms with Crippen molar-refractivity contribution in [3.8, 4) is 5.75 Å². The topological polar surface area (TPSA) is 196 Å². The number of ketones is 1. The SMILES string of the molecule is C[C@]12CC[C@@H]3c4ccc(O[C@@H]5O[C@H](CO)[C@@H](O[C@@H]6O[C@H](CO)[C@@H](O)[C@H](O)[C@H]6O)[C@H](O)[C@H]5O)cc4CC[C@H]3[C@@H]1CCC2=O. The highest BCUT2D eigenvalue weighted by atomic mass is 16.7. The van der Waals surface area contributed by atoms with Crippen molar-refractivity contribution in [1.82, 2.24) is 0 Å². The molecule has 14 atom stereocenters. The third-order valence-electron chi connectivity index (χ3n) is 10.6. The molecule has 5 aliphatic rings. The first-order chi connectivity index (χ1) is 20.1. The number of benzene rings is 1. The van der Waals surface area contributed by atoms with E-state index in [2.05, 4.69) is 6.92 Å². The van der Waals surface area contributed by atoms with Crippen molar-refractivity contribution in [3.63, 3.8) is 0 Å². The van der Waals surface area contributed by atoms with Crippen molar-refractivity contribution in [2.45, 2.75) is 113 Å². The van der Waals surface area contributed by atoms with E-state index in [9.17, 15) is 40.5 Å². The second-order valence-electron chi connectivity index (χ2n) is 12.8. The van der Waals surface area contributed by atoms with Crippen LogP contribution >= 0.6 is 0 Å². The number of ether oxygens (including phenoxy) is 4. The molecule has 2 aliphatic heterocycles. The van der Waals surface area contributed by atoms with Gasteiger partial charge in [-0.25, -0.2) is 0 Å². The summed E-state index contributed by atoms with van der Waals surface area (Å²) in [6, 6.07) is 5.77. The van der Waals surface area contributed by atoms with E-state index in [-0.39, 0.29) is 5.41 Å². The summed E-state index contributed by atoms with van der Waals surface area (Å²) in [6.45, 7) is 0.846. The Kier molecular flexibility index (Phi) is 8.42. The lowest BCUT2D eigenvalue weighted by atomic mass is 9.55. The van der Waals surface area contributed by atoms with Gasteiger partial charge in [0, 0.05) is 11.8 Å². The molecule has 2 saturated heterocycles. The summed E-state index contributed by atoms with van der Waals surface area (Å²) in [5.74, 6) is 2.15. The fourth-order valence-corrected chi connectivity index (χ4v) is 8.19.